The Kier molecular flexibility index (Phi) is 5.50. The molecule has 5 heteroatoms. The Morgan fingerprint density at radius 1 is 1.50 bits per heavy atom. The van der Waals surface area contributed by atoms with Crippen molar-refractivity contribution in [1.82, 2.24) is 0 Å². The zero-order chi connectivity index (χ0) is 4.50. The van der Waals surface area contributed by atoms with E-state index in [0.717, 1.165) is 6.66 Å². The van der Waals surface area contributed by atoms with Crippen LogP contribution in [0.1, 0.15) is 0 Å². The zero-order valence-corrected chi connectivity index (χ0v) is 6.56. The molecule has 3 nitrogen and oxygen atoms in total. The maximum atomic E-state index is 9.22. The van der Waals surface area contributed by atoms with Gasteiger partial charge in [0.1, 0.15) is 0 Å². The quantitative estimate of drug-likeness (QED) is 0.449. The minimum atomic E-state index is -3.89. The fourth-order valence-corrected chi connectivity index (χ4v) is 0. The molecule has 0 aliphatic carbocycles. The van der Waals surface area contributed by atoms with Gasteiger partial charge in [0, 0.05) is 34.1 Å². The predicted octanol–water partition coefficient (Wildman–Crippen LogP) is -1.91. The van der Waals surface area contributed by atoms with Gasteiger partial charge in [-0.1, -0.05) is 0 Å². The zero-order valence-electron chi connectivity index (χ0n) is 3.21. The van der Waals surface area contributed by atoms with Crippen LogP contribution in [-0.4, -0.2) is 11.6 Å². The summed E-state index contributed by atoms with van der Waals surface area (Å²) in [4.78, 5) is 26.0. The van der Waals surface area contributed by atoms with Crippen molar-refractivity contribution in [2.45, 2.75) is 0 Å². The molecule has 0 aliphatic heterocycles. The van der Waals surface area contributed by atoms with Gasteiger partial charge in [0.25, 0.3) is 0 Å². The van der Waals surface area contributed by atoms with Crippen LogP contribution in [-0.2, 0) is 26.2 Å². The fraction of sp³-hybridized carbons (Fsp3) is 1.00. The van der Waals surface area contributed by atoms with Gasteiger partial charge >= 0.3 is 0 Å². The molecule has 0 aliphatic rings. The van der Waals surface area contributed by atoms with Gasteiger partial charge in [0.05, 0.1) is 6.66 Å². The molecule has 0 rings (SSSR count). The van der Waals surface area contributed by atoms with Crippen molar-refractivity contribution >= 4 is 7.94 Å². The van der Waals surface area contributed by atoms with E-state index in [1.807, 2.05) is 0 Å². The van der Waals surface area contributed by atoms with Crippen molar-refractivity contribution < 1.29 is 40.9 Å². The Labute approximate surface area is 55.7 Å². The molecule has 0 saturated carbocycles. The van der Waals surface area contributed by atoms with Crippen LogP contribution in [0.2, 0.25) is 0 Å². The maximum absolute atomic E-state index is 9.22. The standard InChI is InChI=1S/CH5O3P.Zr/c1-5(2,3)4;/h1H3,(H2,2,3,4);/p-1. The molecular formula is CH4O3PZr-. The fourth-order valence-electron chi connectivity index (χ4n) is 0. The van der Waals surface area contributed by atoms with Gasteiger partial charge in [0.15, 0.2) is 0 Å². The normalized spacial score (nSPS) is 10.0. The summed E-state index contributed by atoms with van der Waals surface area (Å²) in [6.07, 6.45) is 0. The molecule has 0 unspecified atom stereocenters. The van der Waals surface area contributed by atoms with Gasteiger partial charge < -0.3 is 9.79 Å². The van der Waals surface area contributed by atoms with E-state index in [9.17, 15) is 9.79 Å². The van der Waals surface area contributed by atoms with Gasteiger partial charge in [-0.15, -0.1) is 0 Å². The van der Waals surface area contributed by atoms with Crippen LogP contribution in [0, 0.1) is 0 Å². The van der Waals surface area contributed by atoms with Crippen LogP contribution in [0.4, 0.5) is 0 Å². The van der Waals surface area contributed by atoms with Gasteiger partial charge in [-0.25, -0.2) is 0 Å². The summed E-state index contributed by atoms with van der Waals surface area (Å²) in [6.45, 7) is 0.743. The summed E-state index contributed by atoms with van der Waals surface area (Å²) in [5, 5.41) is 0. The van der Waals surface area contributed by atoms with E-state index in [0.29, 0.717) is 0 Å². The van der Waals surface area contributed by atoms with E-state index >= 15 is 0 Å². The van der Waals surface area contributed by atoms with E-state index in [4.69, 9.17) is 4.89 Å². The molecule has 0 atom stereocenters. The molecule has 0 aromatic heterocycles. The van der Waals surface area contributed by atoms with Crippen LogP contribution in [0.5, 0.6) is 0 Å². The maximum Gasteiger partial charge on any atom is 0.0658 e. The van der Waals surface area contributed by atoms with Crippen LogP contribution < -0.4 is 9.79 Å². The van der Waals surface area contributed by atoms with Crippen LogP contribution in [0.3, 0.4) is 0 Å². The molecule has 0 heterocycles. The number of hydrogen-bond acceptors (Lipinski definition) is 3. The summed E-state index contributed by atoms with van der Waals surface area (Å²) in [5.74, 6) is 0. The van der Waals surface area contributed by atoms with Gasteiger partial charge in [-0.3, -0.25) is 4.89 Å². The van der Waals surface area contributed by atoms with Crippen molar-refractivity contribution in [2.75, 3.05) is 6.66 Å². The minimum absolute atomic E-state index is 0. The van der Waals surface area contributed by atoms with Crippen LogP contribution in [0.25, 0.3) is 0 Å². The van der Waals surface area contributed by atoms with E-state index in [1.54, 1.807) is 0 Å². The molecule has 0 saturated heterocycles. The van der Waals surface area contributed by atoms with Gasteiger partial charge in [-0.2, -0.15) is 0 Å². The topological polar surface area (TPSA) is 66.3 Å². The second-order valence-corrected chi connectivity index (χ2v) is 2.41. The second-order valence-electron chi connectivity index (χ2n) is 0.803. The molecular weight excluding hydrogens is 182 g/mol. The average Bonchev–Trinajstić information content (AvgIpc) is 0.722. The molecule has 0 aromatic rings. The smallest absolute Gasteiger partial charge is 0.0658 e. The Bertz CT molecular complexity index is 26.3. The summed E-state index contributed by atoms with van der Waals surface area (Å²) in [6, 6.07) is 0. The Balaban J connectivity index is 0. The van der Waals surface area contributed by atoms with Crippen LogP contribution in [0.15, 0.2) is 0 Å². The van der Waals surface area contributed by atoms with Crippen LogP contribution >= 0.6 is 7.94 Å². The van der Waals surface area contributed by atoms with Gasteiger partial charge in [-0.05, 0) is 0 Å². The van der Waals surface area contributed by atoms with Crippen molar-refractivity contribution in [3.8, 4) is 0 Å². The van der Waals surface area contributed by atoms with Crippen molar-refractivity contribution in [2.24, 2.45) is 0 Å². The van der Waals surface area contributed by atoms with Gasteiger partial charge in [0.2, 0.25) is 0 Å². The molecule has 0 radical (unpaired) electrons. The van der Waals surface area contributed by atoms with Crippen molar-refractivity contribution in [3.63, 3.8) is 0 Å². The molecule has 0 amide bonds. The molecule has 36 valence electrons. The van der Waals surface area contributed by atoms with Crippen molar-refractivity contribution in [1.29, 1.82) is 0 Å². The Hall–Kier alpha value is 1.19. The monoisotopic (exact) mass is 185 g/mol. The number of hydrogen-bond donors (Lipinski definition) is 1. The van der Waals surface area contributed by atoms with E-state index in [1.165, 1.54) is 0 Å². The second kappa shape index (κ2) is 3.23. The minimum Gasteiger partial charge on any atom is -0.660 e. The SMILES string of the molecule is C[P+]([O-])([O-])O.[Zr]. The van der Waals surface area contributed by atoms with E-state index < -0.39 is 7.94 Å². The Morgan fingerprint density at radius 3 is 1.50 bits per heavy atom. The molecule has 6 heavy (non-hydrogen) atoms. The predicted molar refractivity (Wildman–Crippen MR) is 15.1 cm³/mol. The summed E-state index contributed by atoms with van der Waals surface area (Å²) >= 11 is 0. The third kappa shape index (κ3) is 64.1. The molecule has 0 aromatic carbocycles. The summed E-state index contributed by atoms with van der Waals surface area (Å²) < 4.78 is 0. The third-order valence-electron chi connectivity index (χ3n) is 0. The average molecular weight is 186 g/mol. The molecule has 0 spiro atoms. The first-order chi connectivity index (χ1) is 2.00. The molecule has 0 bridgehead atoms. The number of rotatable bonds is 0. The summed E-state index contributed by atoms with van der Waals surface area (Å²) in [7, 11) is -3.89. The van der Waals surface area contributed by atoms with E-state index in [2.05, 4.69) is 0 Å². The van der Waals surface area contributed by atoms with E-state index in [-0.39, 0.29) is 26.2 Å². The first-order valence-electron chi connectivity index (χ1n) is 1.01. The first-order valence-corrected chi connectivity index (χ1v) is 3.04. The molecule has 0 fully saturated rings. The molecule has 1 N–H and O–H groups in total. The van der Waals surface area contributed by atoms with Crippen molar-refractivity contribution in [3.05, 3.63) is 0 Å². The Morgan fingerprint density at radius 2 is 1.50 bits per heavy atom. The first kappa shape index (κ1) is 10.2. The largest absolute Gasteiger partial charge is 0.660 e. The summed E-state index contributed by atoms with van der Waals surface area (Å²) in [5.41, 5.74) is 0. The third-order valence-corrected chi connectivity index (χ3v) is 0.